The maximum Gasteiger partial charge on any atom is 0.315 e. The summed E-state index contributed by atoms with van der Waals surface area (Å²) in [5.74, 6) is -0.157. The Labute approximate surface area is 146 Å². The molecule has 2 aromatic carbocycles. The Morgan fingerprint density at radius 1 is 1.35 bits per heavy atom. The van der Waals surface area contributed by atoms with Crippen molar-refractivity contribution in [3.8, 4) is 23.0 Å². The summed E-state index contributed by atoms with van der Waals surface area (Å²) in [6, 6.07) is 7.12. The predicted octanol–water partition coefficient (Wildman–Crippen LogP) is 1.80. The van der Waals surface area contributed by atoms with Crippen molar-refractivity contribution in [3.05, 3.63) is 51.6 Å². The zero-order chi connectivity index (χ0) is 18.7. The van der Waals surface area contributed by atoms with Gasteiger partial charge in [0, 0.05) is 17.2 Å². The first-order chi connectivity index (χ1) is 12.5. The van der Waals surface area contributed by atoms with Crippen LogP contribution in [-0.4, -0.2) is 36.1 Å². The van der Waals surface area contributed by atoms with Gasteiger partial charge in [-0.3, -0.25) is 14.9 Å². The molecule has 1 heterocycles. The monoisotopic (exact) mass is 359 g/mol. The summed E-state index contributed by atoms with van der Waals surface area (Å²) in [5.41, 5.74) is 2.33. The molecule has 3 rings (SSSR count). The van der Waals surface area contributed by atoms with E-state index in [-0.39, 0.29) is 18.1 Å². The summed E-state index contributed by atoms with van der Waals surface area (Å²) in [6.07, 6.45) is 1.19. The SMILES string of the molecule is COc1cc(/C=N\NC(=O)c2ccc3c(c2)OCO3)cc([N+](=O)[O-])c1O. The van der Waals surface area contributed by atoms with E-state index in [1.807, 2.05) is 0 Å². The van der Waals surface area contributed by atoms with Crippen LogP contribution in [0.15, 0.2) is 35.4 Å². The van der Waals surface area contributed by atoms with Gasteiger partial charge in [-0.05, 0) is 24.3 Å². The van der Waals surface area contributed by atoms with Gasteiger partial charge in [0.05, 0.1) is 18.2 Å². The second-order valence-electron chi connectivity index (χ2n) is 5.12. The van der Waals surface area contributed by atoms with Gasteiger partial charge >= 0.3 is 5.69 Å². The molecule has 1 aliphatic rings. The first-order valence-electron chi connectivity index (χ1n) is 7.28. The van der Waals surface area contributed by atoms with Crippen LogP contribution in [0, 0.1) is 10.1 Å². The van der Waals surface area contributed by atoms with Crippen LogP contribution in [0.2, 0.25) is 0 Å². The number of amides is 1. The van der Waals surface area contributed by atoms with Crippen molar-refractivity contribution in [1.82, 2.24) is 5.43 Å². The molecule has 2 N–H and O–H groups in total. The topological polar surface area (TPSA) is 133 Å². The van der Waals surface area contributed by atoms with Crippen LogP contribution in [0.25, 0.3) is 0 Å². The highest BCUT2D eigenvalue weighted by atomic mass is 16.7. The number of phenolic OH excluding ortho intramolecular Hbond substituents is 1. The van der Waals surface area contributed by atoms with Crippen LogP contribution in [-0.2, 0) is 0 Å². The molecule has 0 saturated heterocycles. The van der Waals surface area contributed by atoms with Gasteiger partial charge in [-0.15, -0.1) is 0 Å². The number of hydrazone groups is 1. The number of fused-ring (bicyclic) bond motifs is 1. The molecule has 1 aliphatic heterocycles. The molecule has 0 aromatic heterocycles. The molecule has 10 heteroatoms. The Balaban J connectivity index is 1.75. The van der Waals surface area contributed by atoms with Gasteiger partial charge in [0.1, 0.15) is 0 Å². The molecule has 0 radical (unpaired) electrons. The Kier molecular flexibility index (Phi) is 4.56. The Hall–Kier alpha value is -3.82. The van der Waals surface area contributed by atoms with E-state index in [1.165, 1.54) is 25.5 Å². The van der Waals surface area contributed by atoms with Crippen molar-refractivity contribution in [2.45, 2.75) is 0 Å². The van der Waals surface area contributed by atoms with Gasteiger partial charge in [0.25, 0.3) is 5.91 Å². The third-order valence-electron chi connectivity index (χ3n) is 3.51. The third-order valence-corrected chi connectivity index (χ3v) is 3.51. The largest absolute Gasteiger partial charge is 0.500 e. The molecular weight excluding hydrogens is 346 g/mol. The number of nitrogens with zero attached hydrogens (tertiary/aromatic N) is 2. The number of carbonyl (C=O) groups excluding carboxylic acids is 1. The van der Waals surface area contributed by atoms with Crippen molar-refractivity contribution in [3.63, 3.8) is 0 Å². The summed E-state index contributed by atoms with van der Waals surface area (Å²) < 4.78 is 15.2. The lowest BCUT2D eigenvalue weighted by Crippen LogP contribution is -2.17. The van der Waals surface area contributed by atoms with E-state index >= 15 is 0 Å². The zero-order valence-electron chi connectivity index (χ0n) is 13.5. The van der Waals surface area contributed by atoms with Crippen molar-refractivity contribution >= 4 is 17.8 Å². The minimum Gasteiger partial charge on any atom is -0.500 e. The van der Waals surface area contributed by atoms with Crippen LogP contribution >= 0.6 is 0 Å². The molecule has 26 heavy (non-hydrogen) atoms. The Morgan fingerprint density at radius 3 is 2.85 bits per heavy atom. The van der Waals surface area contributed by atoms with Crippen LogP contribution in [0.3, 0.4) is 0 Å². The number of ether oxygens (including phenoxy) is 3. The first-order valence-corrected chi connectivity index (χ1v) is 7.28. The second-order valence-corrected chi connectivity index (χ2v) is 5.12. The maximum atomic E-state index is 12.1. The molecule has 0 unspecified atom stereocenters. The lowest BCUT2D eigenvalue weighted by molar-refractivity contribution is -0.386. The molecule has 0 atom stereocenters. The molecule has 0 spiro atoms. The lowest BCUT2D eigenvalue weighted by atomic mass is 10.2. The minimum absolute atomic E-state index is 0.0808. The molecule has 0 fully saturated rings. The van der Waals surface area contributed by atoms with Crippen molar-refractivity contribution in [2.75, 3.05) is 13.9 Å². The van der Waals surface area contributed by atoms with Crippen LogP contribution in [0.4, 0.5) is 5.69 Å². The number of hydrogen-bond acceptors (Lipinski definition) is 8. The van der Waals surface area contributed by atoms with Crippen LogP contribution < -0.4 is 19.6 Å². The summed E-state index contributed by atoms with van der Waals surface area (Å²) in [4.78, 5) is 22.3. The highest BCUT2D eigenvalue weighted by Crippen LogP contribution is 2.36. The number of methoxy groups -OCH3 is 1. The predicted molar refractivity (Wildman–Crippen MR) is 88.9 cm³/mol. The average molecular weight is 359 g/mol. The van der Waals surface area contributed by atoms with Crippen LogP contribution in [0.5, 0.6) is 23.0 Å². The van der Waals surface area contributed by atoms with Crippen molar-refractivity contribution < 1.29 is 29.0 Å². The number of hydrogen-bond donors (Lipinski definition) is 2. The lowest BCUT2D eigenvalue weighted by Gasteiger charge is -2.05. The normalized spacial score (nSPS) is 12.2. The Morgan fingerprint density at radius 2 is 2.12 bits per heavy atom. The molecule has 1 amide bonds. The van der Waals surface area contributed by atoms with E-state index in [4.69, 9.17) is 14.2 Å². The first kappa shape index (κ1) is 17.0. The number of nitrogens with one attached hydrogen (secondary N) is 1. The quantitative estimate of drug-likeness (QED) is 0.472. The van der Waals surface area contributed by atoms with Crippen LogP contribution in [0.1, 0.15) is 15.9 Å². The van der Waals surface area contributed by atoms with E-state index in [1.54, 1.807) is 12.1 Å². The number of nitro benzene ring substituents is 1. The van der Waals surface area contributed by atoms with E-state index in [0.717, 1.165) is 6.07 Å². The number of aromatic hydroxyl groups is 1. The molecule has 0 bridgehead atoms. The van der Waals surface area contributed by atoms with Crippen molar-refractivity contribution in [2.24, 2.45) is 5.10 Å². The fourth-order valence-corrected chi connectivity index (χ4v) is 2.25. The van der Waals surface area contributed by atoms with Gasteiger partial charge in [0.2, 0.25) is 12.5 Å². The number of carbonyl (C=O) groups is 1. The number of rotatable bonds is 5. The van der Waals surface area contributed by atoms with E-state index in [2.05, 4.69) is 10.5 Å². The third kappa shape index (κ3) is 3.34. The minimum atomic E-state index is -0.750. The smallest absolute Gasteiger partial charge is 0.315 e. The van der Waals surface area contributed by atoms with E-state index in [0.29, 0.717) is 17.1 Å². The van der Waals surface area contributed by atoms with Gasteiger partial charge in [0.15, 0.2) is 17.2 Å². The van der Waals surface area contributed by atoms with Gasteiger partial charge in [-0.1, -0.05) is 0 Å². The molecule has 10 nitrogen and oxygen atoms in total. The molecular formula is C16H13N3O7. The molecule has 0 aliphatic carbocycles. The fourth-order valence-electron chi connectivity index (χ4n) is 2.25. The molecule has 134 valence electrons. The van der Waals surface area contributed by atoms with E-state index < -0.39 is 22.3 Å². The number of phenols is 1. The maximum absolute atomic E-state index is 12.1. The number of nitro groups is 1. The molecule has 0 saturated carbocycles. The van der Waals surface area contributed by atoms with Gasteiger partial charge < -0.3 is 19.3 Å². The summed E-state index contributed by atoms with van der Waals surface area (Å²) in [6.45, 7) is 0.0972. The number of benzene rings is 2. The summed E-state index contributed by atoms with van der Waals surface area (Å²) >= 11 is 0. The fraction of sp³-hybridized carbons (Fsp3) is 0.125. The van der Waals surface area contributed by atoms with E-state index in [9.17, 15) is 20.0 Å². The highest BCUT2D eigenvalue weighted by molar-refractivity contribution is 5.95. The van der Waals surface area contributed by atoms with Crippen molar-refractivity contribution in [1.29, 1.82) is 0 Å². The molecule has 2 aromatic rings. The van der Waals surface area contributed by atoms with Gasteiger partial charge in [-0.25, -0.2) is 5.43 Å². The second kappa shape index (κ2) is 6.97. The summed E-state index contributed by atoms with van der Waals surface area (Å²) in [5, 5.41) is 24.4. The van der Waals surface area contributed by atoms with Gasteiger partial charge in [-0.2, -0.15) is 5.10 Å². The Bertz CT molecular complexity index is 911. The zero-order valence-corrected chi connectivity index (χ0v) is 13.5. The standard InChI is InChI=1S/C16H13N3O7/c1-24-14-5-9(4-11(15(14)20)19(22)23)7-17-18-16(21)10-2-3-12-13(6-10)26-8-25-12/h2-7,20H,8H2,1H3,(H,18,21)/b17-7-. The highest BCUT2D eigenvalue weighted by Gasteiger charge is 2.19. The summed E-state index contributed by atoms with van der Waals surface area (Å²) in [7, 11) is 1.26. The average Bonchev–Trinajstić information content (AvgIpc) is 3.10.